The molecule has 0 bridgehead atoms. The van der Waals surface area contributed by atoms with Crippen molar-refractivity contribution in [3.8, 4) is 0 Å². The molecule has 0 radical (unpaired) electrons. The lowest BCUT2D eigenvalue weighted by Gasteiger charge is -2.32. The molecule has 0 heterocycles. The maximum atomic E-state index is 12.5. The highest BCUT2D eigenvalue weighted by Gasteiger charge is 2.33. The number of nitrogens with two attached hydrogens (primary N) is 1. The van der Waals surface area contributed by atoms with Crippen LogP contribution in [0.15, 0.2) is 24.3 Å². The Labute approximate surface area is 125 Å². The van der Waals surface area contributed by atoms with Crippen LogP contribution in [-0.2, 0) is 0 Å². The molecule has 1 aromatic carbocycles. The number of para-hydroxylation sites is 1. The summed E-state index contributed by atoms with van der Waals surface area (Å²) in [6.07, 6.45) is 3.28. The van der Waals surface area contributed by atoms with Gasteiger partial charge in [0.1, 0.15) is 0 Å². The van der Waals surface area contributed by atoms with Crippen LogP contribution >= 0.6 is 11.6 Å². The van der Waals surface area contributed by atoms with E-state index in [4.69, 9.17) is 17.3 Å². The molecule has 110 valence electrons. The number of hydrogen-bond donors (Lipinski definition) is 2. The van der Waals surface area contributed by atoms with Gasteiger partial charge >= 0.3 is 6.03 Å². The molecule has 0 saturated heterocycles. The second-order valence-electron chi connectivity index (χ2n) is 5.19. The number of carbonyl (C=O) groups is 1. The summed E-state index contributed by atoms with van der Waals surface area (Å²) < 4.78 is 0. The first-order valence-electron chi connectivity index (χ1n) is 7.19. The summed E-state index contributed by atoms with van der Waals surface area (Å²) in [4.78, 5) is 14.3. The Hall–Kier alpha value is -1.26. The number of carbonyl (C=O) groups excluding carboxylic acids is 1. The molecular weight excluding hydrogens is 274 g/mol. The van der Waals surface area contributed by atoms with Gasteiger partial charge in [-0.05, 0) is 44.4 Å². The third kappa shape index (κ3) is 3.25. The van der Waals surface area contributed by atoms with Gasteiger partial charge in [0, 0.05) is 12.6 Å². The average molecular weight is 296 g/mol. The number of amides is 2. The highest BCUT2D eigenvalue weighted by atomic mass is 35.5. The number of nitrogens with one attached hydrogen (secondary N) is 1. The fraction of sp³-hybridized carbons (Fsp3) is 0.533. The first-order valence-corrected chi connectivity index (χ1v) is 7.57. The van der Waals surface area contributed by atoms with Crippen LogP contribution in [0, 0.1) is 5.92 Å². The zero-order valence-corrected chi connectivity index (χ0v) is 12.6. The second kappa shape index (κ2) is 6.95. The van der Waals surface area contributed by atoms with Gasteiger partial charge in [-0.2, -0.15) is 0 Å². The van der Waals surface area contributed by atoms with Crippen molar-refractivity contribution >= 4 is 23.3 Å². The van der Waals surface area contributed by atoms with Gasteiger partial charge in [-0.15, -0.1) is 0 Å². The molecule has 20 heavy (non-hydrogen) atoms. The van der Waals surface area contributed by atoms with Gasteiger partial charge in [0.05, 0.1) is 10.7 Å². The minimum atomic E-state index is -0.0917. The second-order valence-corrected chi connectivity index (χ2v) is 5.60. The molecule has 2 atom stereocenters. The molecule has 0 spiro atoms. The molecule has 0 aromatic heterocycles. The van der Waals surface area contributed by atoms with Crippen LogP contribution in [0.1, 0.15) is 26.2 Å². The van der Waals surface area contributed by atoms with E-state index in [0.29, 0.717) is 29.7 Å². The van der Waals surface area contributed by atoms with E-state index in [9.17, 15) is 4.79 Å². The number of benzene rings is 1. The van der Waals surface area contributed by atoms with Gasteiger partial charge in [-0.25, -0.2) is 4.79 Å². The Morgan fingerprint density at radius 2 is 2.20 bits per heavy atom. The first kappa shape index (κ1) is 15.1. The predicted molar refractivity (Wildman–Crippen MR) is 83.0 cm³/mol. The molecule has 0 aliphatic heterocycles. The molecule has 2 unspecified atom stereocenters. The van der Waals surface area contributed by atoms with E-state index < -0.39 is 0 Å². The molecule has 3 N–H and O–H groups in total. The van der Waals surface area contributed by atoms with E-state index in [-0.39, 0.29) is 12.1 Å². The SMILES string of the molecule is CCN(C(=O)Nc1ccccc1Cl)C1CCCC1CN. The van der Waals surface area contributed by atoms with Gasteiger partial charge in [-0.3, -0.25) is 0 Å². The van der Waals surface area contributed by atoms with E-state index >= 15 is 0 Å². The van der Waals surface area contributed by atoms with Gasteiger partial charge in [0.25, 0.3) is 0 Å². The fourth-order valence-electron chi connectivity index (χ4n) is 2.98. The Balaban J connectivity index is 2.08. The Morgan fingerprint density at radius 1 is 1.45 bits per heavy atom. The van der Waals surface area contributed by atoms with Crippen molar-refractivity contribution in [2.45, 2.75) is 32.2 Å². The van der Waals surface area contributed by atoms with Crippen LogP contribution in [-0.4, -0.2) is 30.1 Å². The smallest absolute Gasteiger partial charge is 0.322 e. The Kier molecular flexibility index (Phi) is 5.26. The molecule has 1 aromatic rings. The van der Waals surface area contributed by atoms with E-state index in [2.05, 4.69) is 5.32 Å². The largest absolute Gasteiger partial charge is 0.330 e. The molecule has 1 fully saturated rings. The Bertz CT molecular complexity index is 466. The van der Waals surface area contributed by atoms with Crippen molar-refractivity contribution in [1.82, 2.24) is 4.90 Å². The average Bonchev–Trinajstić information content (AvgIpc) is 2.90. The van der Waals surface area contributed by atoms with E-state index in [0.717, 1.165) is 19.3 Å². The third-order valence-electron chi connectivity index (χ3n) is 4.04. The third-order valence-corrected chi connectivity index (χ3v) is 4.37. The molecule has 1 saturated carbocycles. The molecule has 2 amide bonds. The molecular formula is C15H22ClN3O. The molecule has 1 aliphatic carbocycles. The van der Waals surface area contributed by atoms with E-state index in [1.807, 2.05) is 30.0 Å². The molecule has 1 aliphatic rings. The van der Waals surface area contributed by atoms with Crippen LogP contribution in [0.25, 0.3) is 0 Å². The summed E-state index contributed by atoms with van der Waals surface area (Å²) in [7, 11) is 0. The van der Waals surface area contributed by atoms with Crippen molar-refractivity contribution in [3.05, 3.63) is 29.3 Å². The van der Waals surface area contributed by atoms with Crippen molar-refractivity contribution in [1.29, 1.82) is 0 Å². The van der Waals surface area contributed by atoms with Crippen molar-refractivity contribution in [2.24, 2.45) is 11.7 Å². The van der Waals surface area contributed by atoms with Gasteiger partial charge in [-0.1, -0.05) is 30.2 Å². The van der Waals surface area contributed by atoms with Crippen LogP contribution in [0.3, 0.4) is 0 Å². The predicted octanol–water partition coefficient (Wildman–Crippen LogP) is 3.32. The van der Waals surface area contributed by atoms with Crippen LogP contribution in [0.5, 0.6) is 0 Å². The van der Waals surface area contributed by atoms with Gasteiger partial charge < -0.3 is 16.0 Å². The van der Waals surface area contributed by atoms with E-state index in [1.54, 1.807) is 6.07 Å². The lowest BCUT2D eigenvalue weighted by atomic mass is 10.0. The summed E-state index contributed by atoms with van der Waals surface area (Å²) in [5, 5.41) is 3.45. The lowest BCUT2D eigenvalue weighted by Crippen LogP contribution is -2.46. The lowest BCUT2D eigenvalue weighted by molar-refractivity contribution is 0.175. The minimum Gasteiger partial charge on any atom is -0.330 e. The number of rotatable bonds is 4. The summed E-state index contributed by atoms with van der Waals surface area (Å²) in [6.45, 7) is 3.32. The fourth-order valence-corrected chi connectivity index (χ4v) is 3.16. The van der Waals surface area contributed by atoms with Crippen molar-refractivity contribution in [3.63, 3.8) is 0 Å². The van der Waals surface area contributed by atoms with Crippen LogP contribution in [0.2, 0.25) is 5.02 Å². The minimum absolute atomic E-state index is 0.0917. The van der Waals surface area contributed by atoms with Gasteiger partial charge in [0.15, 0.2) is 0 Å². The Morgan fingerprint density at radius 3 is 2.85 bits per heavy atom. The molecule has 4 nitrogen and oxygen atoms in total. The van der Waals surface area contributed by atoms with Gasteiger partial charge in [0.2, 0.25) is 0 Å². The summed E-state index contributed by atoms with van der Waals surface area (Å²) in [6, 6.07) is 7.43. The van der Waals surface area contributed by atoms with Crippen molar-refractivity contribution in [2.75, 3.05) is 18.4 Å². The highest BCUT2D eigenvalue weighted by molar-refractivity contribution is 6.33. The van der Waals surface area contributed by atoms with E-state index in [1.165, 1.54) is 0 Å². The summed E-state index contributed by atoms with van der Waals surface area (Å²) >= 11 is 6.08. The van der Waals surface area contributed by atoms with Crippen molar-refractivity contribution < 1.29 is 4.79 Å². The summed E-state index contributed by atoms with van der Waals surface area (Å²) in [5.74, 6) is 0.409. The number of nitrogens with zero attached hydrogens (tertiary/aromatic N) is 1. The number of anilines is 1. The normalized spacial score (nSPS) is 21.8. The zero-order chi connectivity index (χ0) is 14.5. The van der Waals surface area contributed by atoms with Crippen LogP contribution < -0.4 is 11.1 Å². The highest BCUT2D eigenvalue weighted by Crippen LogP contribution is 2.30. The molecule has 5 heteroatoms. The maximum absolute atomic E-state index is 12.5. The standard InChI is InChI=1S/C15H22ClN3O/c1-2-19(14-9-5-6-11(14)10-17)15(20)18-13-8-4-3-7-12(13)16/h3-4,7-8,11,14H,2,5-6,9-10,17H2,1H3,(H,18,20). The number of hydrogen-bond acceptors (Lipinski definition) is 2. The quantitative estimate of drug-likeness (QED) is 0.895. The number of urea groups is 1. The number of halogens is 1. The van der Waals surface area contributed by atoms with Crippen LogP contribution in [0.4, 0.5) is 10.5 Å². The zero-order valence-electron chi connectivity index (χ0n) is 11.8. The maximum Gasteiger partial charge on any atom is 0.322 e. The topological polar surface area (TPSA) is 58.4 Å². The first-order chi connectivity index (χ1) is 9.67. The summed E-state index contributed by atoms with van der Waals surface area (Å²) in [5.41, 5.74) is 6.47. The molecule has 2 rings (SSSR count). The monoisotopic (exact) mass is 295 g/mol.